The number of carbonyl (C=O) groups is 3. The molecule has 0 unspecified atom stereocenters. The Balaban J connectivity index is 1.44. The maximum absolute atomic E-state index is 13.1. The van der Waals surface area contributed by atoms with Crippen molar-refractivity contribution in [2.45, 2.75) is 24.9 Å². The first-order valence-electron chi connectivity index (χ1n) is 9.60. The second-order valence-corrected chi connectivity index (χ2v) is 7.88. The summed E-state index contributed by atoms with van der Waals surface area (Å²) in [5.41, 5.74) is 0.696. The molecule has 0 aromatic heterocycles. The SMILES string of the molecule is N#Cc1ccc(C(=O)N2CCC3(CC2)NC(=O)N(Cc2ccccc2Cl)C3=O)cc1. The first-order valence-corrected chi connectivity index (χ1v) is 9.98. The Morgan fingerprint density at radius 1 is 1.10 bits per heavy atom. The number of carbonyl (C=O) groups excluding carboxylic acids is 3. The lowest BCUT2D eigenvalue weighted by Gasteiger charge is -2.37. The van der Waals surface area contributed by atoms with Gasteiger partial charge in [0.25, 0.3) is 11.8 Å². The predicted octanol–water partition coefficient (Wildman–Crippen LogP) is 2.94. The van der Waals surface area contributed by atoms with Crippen LogP contribution in [0.5, 0.6) is 0 Å². The van der Waals surface area contributed by atoms with Gasteiger partial charge in [0.2, 0.25) is 0 Å². The number of rotatable bonds is 3. The van der Waals surface area contributed by atoms with Crippen LogP contribution in [0.2, 0.25) is 5.02 Å². The first kappa shape index (κ1) is 19.9. The van der Waals surface area contributed by atoms with Crippen LogP contribution < -0.4 is 5.32 Å². The van der Waals surface area contributed by atoms with Crippen molar-refractivity contribution in [3.63, 3.8) is 0 Å². The van der Waals surface area contributed by atoms with Gasteiger partial charge in [-0.05, 0) is 48.7 Å². The third kappa shape index (κ3) is 3.51. The lowest BCUT2D eigenvalue weighted by Crippen LogP contribution is -2.55. The molecule has 2 aromatic rings. The fourth-order valence-electron chi connectivity index (χ4n) is 3.92. The Kier molecular flexibility index (Phi) is 5.18. The second-order valence-electron chi connectivity index (χ2n) is 7.48. The van der Waals surface area contributed by atoms with Crippen molar-refractivity contribution in [1.29, 1.82) is 5.26 Å². The van der Waals surface area contributed by atoms with Gasteiger partial charge in [0.1, 0.15) is 5.54 Å². The molecule has 7 nitrogen and oxygen atoms in total. The first-order chi connectivity index (χ1) is 14.4. The number of piperidine rings is 1. The monoisotopic (exact) mass is 422 g/mol. The molecule has 2 heterocycles. The van der Waals surface area contributed by atoms with Gasteiger partial charge >= 0.3 is 6.03 Å². The fraction of sp³-hybridized carbons (Fsp3) is 0.273. The molecule has 0 saturated carbocycles. The van der Waals surface area contributed by atoms with Crippen LogP contribution in [0.25, 0.3) is 0 Å². The minimum atomic E-state index is -0.986. The molecule has 0 atom stereocenters. The van der Waals surface area contributed by atoms with Crippen LogP contribution in [0.3, 0.4) is 0 Å². The van der Waals surface area contributed by atoms with Crippen LogP contribution in [0.4, 0.5) is 4.79 Å². The number of imide groups is 1. The number of likely N-dealkylation sites (tertiary alicyclic amines) is 1. The topological polar surface area (TPSA) is 93.5 Å². The zero-order valence-electron chi connectivity index (χ0n) is 16.1. The summed E-state index contributed by atoms with van der Waals surface area (Å²) in [5.74, 6) is -0.433. The van der Waals surface area contributed by atoms with E-state index in [1.807, 2.05) is 12.1 Å². The molecule has 30 heavy (non-hydrogen) atoms. The highest BCUT2D eigenvalue weighted by Crippen LogP contribution is 2.31. The highest BCUT2D eigenvalue weighted by molar-refractivity contribution is 6.31. The third-order valence-electron chi connectivity index (χ3n) is 5.70. The van der Waals surface area contributed by atoms with Crippen molar-refractivity contribution in [1.82, 2.24) is 15.1 Å². The zero-order chi connectivity index (χ0) is 21.3. The van der Waals surface area contributed by atoms with Gasteiger partial charge in [-0.15, -0.1) is 0 Å². The number of amides is 4. The van der Waals surface area contributed by atoms with Crippen LogP contribution in [0, 0.1) is 11.3 Å². The lowest BCUT2D eigenvalue weighted by atomic mass is 9.87. The molecule has 8 heteroatoms. The third-order valence-corrected chi connectivity index (χ3v) is 6.07. The molecule has 152 valence electrons. The van der Waals surface area contributed by atoms with Gasteiger partial charge in [0.15, 0.2) is 0 Å². The summed E-state index contributed by atoms with van der Waals surface area (Å²) < 4.78 is 0. The van der Waals surface area contributed by atoms with E-state index in [0.29, 0.717) is 47.6 Å². The van der Waals surface area contributed by atoms with E-state index in [1.54, 1.807) is 47.4 Å². The minimum absolute atomic E-state index is 0.111. The second kappa shape index (κ2) is 7.81. The largest absolute Gasteiger partial charge is 0.338 e. The van der Waals surface area contributed by atoms with Crippen molar-refractivity contribution in [3.8, 4) is 6.07 Å². The Hall–Kier alpha value is -3.37. The highest BCUT2D eigenvalue weighted by atomic mass is 35.5. The highest BCUT2D eigenvalue weighted by Gasteiger charge is 2.52. The molecule has 0 radical (unpaired) electrons. The van der Waals surface area contributed by atoms with Crippen molar-refractivity contribution in [3.05, 3.63) is 70.2 Å². The number of hydrogen-bond acceptors (Lipinski definition) is 4. The molecule has 2 fully saturated rings. The van der Waals surface area contributed by atoms with Gasteiger partial charge in [-0.3, -0.25) is 14.5 Å². The maximum Gasteiger partial charge on any atom is 0.325 e. The molecular formula is C22H19ClN4O3. The summed E-state index contributed by atoms with van der Waals surface area (Å²) in [6.07, 6.45) is 0.692. The summed E-state index contributed by atoms with van der Waals surface area (Å²) in [5, 5.41) is 12.2. The lowest BCUT2D eigenvalue weighted by molar-refractivity contribution is -0.133. The molecule has 2 saturated heterocycles. The fourth-order valence-corrected chi connectivity index (χ4v) is 4.11. The Morgan fingerprint density at radius 2 is 1.77 bits per heavy atom. The summed E-state index contributed by atoms with van der Waals surface area (Å²) in [4.78, 5) is 41.2. The predicted molar refractivity (Wildman–Crippen MR) is 110 cm³/mol. The molecule has 0 bridgehead atoms. The molecule has 0 aliphatic carbocycles. The number of nitrogens with one attached hydrogen (secondary N) is 1. The molecule has 4 rings (SSSR count). The normalized spacial score (nSPS) is 17.7. The van der Waals surface area contributed by atoms with Crippen LogP contribution in [-0.4, -0.2) is 46.3 Å². The number of benzene rings is 2. The van der Waals surface area contributed by atoms with Crippen molar-refractivity contribution in [2.24, 2.45) is 0 Å². The standard InChI is InChI=1S/C22H19ClN4O3/c23-18-4-2-1-3-17(18)14-27-20(29)22(25-21(27)30)9-11-26(12-10-22)19(28)16-7-5-15(13-24)6-8-16/h1-8H,9-12,14H2,(H,25,30). The number of nitrogens with zero attached hydrogens (tertiary/aromatic N) is 3. The number of hydrogen-bond donors (Lipinski definition) is 1. The molecule has 2 aromatic carbocycles. The number of urea groups is 1. The van der Waals surface area contributed by atoms with Crippen molar-refractivity contribution >= 4 is 29.4 Å². The van der Waals surface area contributed by atoms with E-state index in [4.69, 9.17) is 16.9 Å². The van der Waals surface area contributed by atoms with E-state index >= 15 is 0 Å². The maximum atomic E-state index is 13.1. The van der Waals surface area contributed by atoms with Gasteiger partial charge in [-0.2, -0.15) is 5.26 Å². The molecule has 1 spiro atoms. The van der Waals surface area contributed by atoms with E-state index in [2.05, 4.69) is 5.32 Å². The van der Waals surface area contributed by atoms with Crippen molar-refractivity contribution in [2.75, 3.05) is 13.1 Å². The number of halogens is 1. The summed E-state index contributed by atoms with van der Waals surface area (Å²) in [6, 6.07) is 15.1. The summed E-state index contributed by atoms with van der Waals surface area (Å²) in [7, 11) is 0. The Bertz CT molecular complexity index is 1050. The van der Waals surface area contributed by atoms with Crippen LogP contribution in [0.15, 0.2) is 48.5 Å². The Labute approximate surface area is 178 Å². The van der Waals surface area contributed by atoms with Gasteiger partial charge in [0.05, 0.1) is 18.2 Å². The molecule has 2 aliphatic rings. The van der Waals surface area contributed by atoms with E-state index in [1.165, 1.54) is 4.90 Å². The quantitative estimate of drug-likeness (QED) is 0.769. The van der Waals surface area contributed by atoms with E-state index in [-0.39, 0.29) is 18.4 Å². The van der Waals surface area contributed by atoms with Gasteiger partial charge in [0, 0.05) is 23.7 Å². The Morgan fingerprint density at radius 3 is 2.40 bits per heavy atom. The van der Waals surface area contributed by atoms with E-state index in [9.17, 15) is 14.4 Å². The molecule has 2 aliphatic heterocycles. The molecule has 4 amide bonds. The summed E-state index contributed by atoms with van der Waals surface area (Å²) in [6.45, 7) is 0.815. The molecule has 1 N–H and O–H groups in total. The van der Waals surface area contributed by atoms with Crippen LogP contribution >= 0.6 is 11.6 Å². The molecular weight excluding hydrogens is 404 g/mol. The van der Waals surface area contributed by atoms with E-state index < -0.39 is 11.6 Å². The summed E-state index contributed by atoms with van der Waals surface area (Å²) >= 11 is 6.17. The van der Waals surface area contributed by atoms with Crippen LogP contribution in [-0.2, 0) is 11.3 Å². The van der Waals surface area contributed by atoms with Crippen molar-refractivity contribution < 1.29 is 14.4 Å². The zero-order valence-corrected chi connectivity index (χ0v) is 16.9. The van der Waals surface area contributed by atoms with Gasteiger partial charge < -0.3 is 10.2 Å². The smallest absolute Gasteiger partial charge is 0.325 e. The van der Waals surface area contributed by atoms with E-state index in [0.717, 1.165) is 0 Å². The average molecular weight is 423 g/mol. The van der Waals surface area contributed by atoms with Gasteiger partial charge in [-0.1, -0.05) is 29.8 Å². The van der Waals surface area contributed by atoms with Crippen LogP contribution in [0.1, 0.15) is 34.3 Å². The van der Waals surface area contributed by atoms with Gasteiger partial charge in [-0.25, -0.2) is 4.79 Å². The number of nitriles is 1. The minimum Gasteiger partial charge on any atom is -0.338 e. The average Bonchev–Trinajstić information content (AvgIpc) is 2.99.